The van der Waals surface area contributed by atoms with E-state index in [9.17, 15) is 14.7 Å². The van der Waals surface area contributed by atoms with Crippen LogP contribution in [-0.4, -0.2) is 50.1 Å². The molecule has 1 atom stereocenters. The molecule has 0 radical (unpaired) electrons. The summed E-state index contributed by atoms with van der Waals surface area (Å²) in [6.45, 7) is 0. The lowest BCUT2D eigenvalue weighted by Crippen LogP contribution is -2.25. The van der Waals surface area contributed by atoms with E-state index in [-0.39, 0.29) is 11.3 Å². The fourth-order valence-electron chi connectivity index (χ4n) is 3.26. The van der Waals surface area contributed by atoms with Crippen molar-refractivity contribution >= 4 is 17.4 Å². The SMILES string of the molecule is COc1ccc(C(O)=C2C(=O)C(=O)N(C)[C@H]2c2ccc(OC)cc2OC)cc1. The number of ether oxygens (including phenoxy) is 3. The fraction of sp³-hybridized carbons (Fsp3) is 0.238. The van der Waals surface area contributed by atoms with Gasteiger partial charge in [0.15, 0.2) is 0 Å². The molecule has 0 aromatic heterocycles. The van der Waals surface area contributed by atoms with Crippen LogP contribution in [0, 0.1) is 0 Å². The van der Waals surface area contributed by atoms with Crippen LogP contribution >= 0.6 is 0 Å². The second-order valence-corrected chi connectivity index (χ2v) is 6.25. The first-order chi connectivity index (χ1) is 13.4. The molecule has 1 amide bonds. The second-order valence-electron chi connectivity index (χ2n) is 6.25. The maximum absolute atomic E-state index is 12.7. The van der Waals surface area contributed by atoms with Crippen LogP contribution in [0.3, 0.4) is 0 Å². The minimum absolute atomic E-state index is 0.00105. The topological polar surface area (TPSA) is 85.3 Å². The van der Waals surface area contributed by atoms with Crippen molar-refractivity contribution < 1.29 is 28.9 Å². The van der Waals surface area contributed by atoms with E-state index in [2.05, 4.69) is 0 Å². The molecule has 2 aromatic carbocycles. The van der Waals surface area contributed by atoms with E-state index in [0.717, 1.165) is 0 Å². The monoisotopic (exact) mass is 383 g/mol. The highest BCUT2D eigenvalue weighted by molar-refractivity contribution is 6.46. The number of hydrogen-bond acceptors (Lipinski definition) is 6. The molecule has 0 saturated carbocycles. The third-order valence-corrected chi connectivity index (χ3v) is 4.77. The minimum Gasteiger partial charge on any atom is -0.507 e. The van der Waals surface area contributed by atoms with Gasteiger partial charge in [-0.1, -0.05) is 0 Å². The van der Waals surface area contributed by atoms with Gasteiger partial charge in [-0.3, -0.25) is 9.59 Å². The molecule has 0 bridgehead atoms. The van der Waals surface area contributed by atoms with Gasteiger partial charge < -0.3 is 24.2 Å². The number of hydrogen-bond donors (Lipinski definition) is 1. The lowest BCUT2D eigenvalue weighted by Gasteiger charge is -2.23. The number of carbonyl (C=O) groups is 2. The number of amides is 1. The fourth-order valence-corrected chi connectivity index (χ4v) is 3.26. The van der Waals surface area contributed by atoms with Gasteiger partial charge in [-0.2, -0.15) is 0 Å². The summed E-state index contributed by atoms with van der Waals surface area (Å²) < 4.78 is 15.8. The Balaban J connectivity index is 2.17. The molecule has 0 aliphatic carbocycles. The molecule has 0 unspecified atom stereocenters. The average Bonchev–Trinajstić information content (AvgIpc) is 2.96. The lowest BCUT2D eigenvalue weighted by atomic mass is 9.94. The number of benzene rings is 2. The molecule has 28 heavy (non-hydrogen) atoms. The molecular weight excluding hydrogens is 362 g/mol. The van der Waals surface area contributed by atoms with Crippen molar-refractivity contribution in [3.8, 4) is 17.2 Å². The van der Waals surface area contributed by atoms with Crippen molar-refractivity contribution in [3.05, 3.63) is 59.2 Å². The standard InChI is InChI=1S/C21H21NO6/c1-22-18(15-10-9-14(27-3)11-16(15)28-4)17(20(24)21(22)25)19(23)12-5-7-13(26-2)8-6-12/h5-11,18,23H,1-4H3/t18-/m0/s1. The number of likely N-dealkylation sites (tertiary alicyclic amines) is 1. The van der Waals surface area contributed by atoms with Crippen LogP contribution in [0.25, 0.3) is 5.76 Å². The summed E-state index contributed by atoms with van der Waals surface area (Å²) in [7, 11) is 6.07. The molecule has 7 nitrogen and oxygen atoms in total. The average molecular weight is 383 g/mol. The van der Waals surface area contributed by atoms with Crippen molar-refractivity contribution in [3.63, 3.8) is 0 Å². The van der Waals surface area contributed by atoms with E-state index in [4.69, 9.17) is 14.2 Å². The number of nitrogens with zero attached hydrogens (tertiary/aromatic N) is 1. The Morgan fingerprint density at radius 1 is 0.929 bits per heavy atom. The Hall–Kier alpha value is -3.48. The van der Waals surface area contributed by atoms with Crippen LogP contribution in [0.2, 0.25) is 0 Å². The minimum atomic E-state index is -0.789. The largest absolute Gasteiger partial charge is 0.507 e. The smallest absolute Gasteiger partial charge is 0.295 e. The molecule has 146 valence electrons. The van der Waals surface area contributed by atoms with E-state index < -0.39 is 17.7 Å². The summed E-state index contributed by atoms with van der Waals surface area (Å²) in [5.74, 6) is -0.0757. The first-order valence-electron chi connectivity index (χ1n) is 8.53. The number of ketones is 1. The van der Waals surface area contributed by atoms with Crippen LogP contribution in [0.1, 0.15) is 17.2 Å². The number of methoxy groups -OCH3 is 3. The van der Waals surface area contributed by atoms with Crippen LogP contribution in [-0.2, 0) is 9.59 Å². The summed E-state index contributed by atoms with van der Waals surface area (Å²) in [6, 6.07) is 10.9. The predicted molar refractivity (Wildman–Crippen MR) is 103 cm³/mol. The second kappa shape index (κ2) is 7.64. The maximum atomic E-state index is 12.7. The Labute approximate surface area is 162 Å². The van der Waals surface area contributed by atoms with Crippen LogP contribution in [0.15, 0.2) is 48.0 Å². The molecule has 1 aliphatic rings. The molecule has 1 fully saturated rings. The van der Waals surface area contributed by atoms with Gasteiger partial charge in [0.05, 0.1) is 32.9 Å². The lowest BCUT2D eigenvalue weighted by molar-refractivity contribution is -0.139. The number of aliphatic hydroxyl groups excluding tert-OH is 1. The number of Topliss-reactive ketones (excluding diaryl/α,β-unsaturated/α-hetero) is 1. The van der Waals surface area contributed by atoms with Gasteiger partial charge in [-0.25, -0.2) is 0 Å². The molecule has 2 aromatic rings. The molecule has 1 aliphatic heterocycles. The van der Waals surface area contributed by atoms with Gasteiger partial charge in [0.25, 0.3) is 11.7 Å². The molecular formula is C21H21NO6. The van der Waals surface area contributed by atoms with E-state index in [1.807, 2.05) is 0 Å². The number of rotatable bonds is 5. The van der Waals surface area contributed by atoms with Crippen molar-refractivity contribution in [1.29, 1.82) is 0 Å². The first kappa shape index (κ1) is 19.3. The van der Waals surface area contributed by atoms with Crippen LogP contribution in [0.5, 0.6) is 17.2 Å². The van der Waals surface area contributed by atoms with E-state index in [0.29, 0.717) is 28.4 Å². The zero-order chi connectivity index (χ0) is 20.4. The Kier molecular flexibility index (Phi) is 5.26. The van der Waals surface area contributed by atoms with Crippen LogP contribution < -0.4 is 14.2 Å². The predicted octanol–water partition coefficient (Wildman–Crippen LogP) is 2.76. The van der Waals surface area contributed by atoms with Crippen molar-refractivity contribution in [2.45, 2.75) is 6.04 Å². The third-order valence-electron chi connectivity index (χ3n) is 4.77. The van der Waals surface area contributed by atoms with Gasteiger partial charge in [0, 0.05) is 24.2 Å². The summed E-state index contributed by atoms with van der Waals surface area (Å²) >= 11 is 0. The first-order valence-corrected chi connectivity index (χ1v) is 8.53. The quantitative estimate of drug-likeness (QED) is 0.485. The van der Waals surface area contributed by atoms with E-state index >= 15 is 0 Å². The Bertz CT molecular complexity index is 948. The highest BCUT2D eigenvalue weighted by Crippen LogP contribution is 2.42. The van der Waals surface area contributed by atoms with Gasteiger partial charge >= 0.3 is 0 Å². The Morgan fingerprint density at radius 3 is 2.11 bits per heavy atom. The summed E-state index contributed by atoms with van der Waals surface area (Å²) in [5, 5.41) is 10.9. The van der Waals surface area contributed by atoms with Gasteiger partial charge in [-0.15, -0.1) is 0 Å². The zero-order valence-corrected chi connectivity index (χ0v) is 16.1. The normalized spacial score (nSPS) is 18.3. The van der Waals surface area contributed by atoms with Gasteiger partial charge in [-0.05, 0) is 36.4 Å². The van der Waals surface area contributed by atoms with E-state index in [1.165, 1.54) is 33.3 Å². The van der Waals surface area contributed by atoms with Crippen molar-refractivity contribution in [2.75, 3.05) is 28.4 Å². The molecule has 1 saturated heterocycles. The molecule has 3 rings (SSSR count). The highest BCUT2D eigenvalue weighted by Gasteiger charge is 2.45. The van der Waals surface area contributed by atoms with E-state index in [1.54, 1.807) is 42.5 Å². The highest BCUT2D eigenvalue weighted by atomic mass is 16.5. The zero-order valence-electron chi connectivity index (χ0n) is 16.1. The summed E-state index contributed by atoms with van der Waals surface area (Å²) in [5.41, 5.74) is 0.978. The molecule has 7 heteroatoms. The van der Waals surface area contributed by atoms with Gasteiger partial charge in [0.1, 0.15) is 23.0 Å². The maximum Gasteiger partial charge on any atom is 0.295 e. The van der Waals surface area contributed by atoms with Crippen LogP contribution in [0.4, 0.5) is 0 Å². The number of carbonyl (C=O) groups excluding carboxylic acids is 2. The van der Waals surface area contributed by atoms with Crippen molar-refractivity contribution in [2.24, 2.45) is 0 Å². The molecule has 1 heterocycles. The number of aliphatic hydroxyl groups is 1. The van der Waals surface area contributed by atoms with Gasteiger partial charge in [0.2, 0.25) is 0 Å². The molecule has 0 spiro atoms. The summed E-state index contributed by atoms with van der Waals surface area (Å²) in [4.78, 5) is 26.4. The van der Waals surface area contributed by atoms with Crippen molar-refractivity contribution in [1.82, 2.24) is 4.90 Å². The Morgan fingerprint density at radius 2 is 1.54 bits per heavy atom. The third kappa shape index (κ3) is 3.15. The number of likely N-dealkylation sites (N-methyl/N-ethyl adjacent to an activating group) is 1. The molecule has 1 N–H and O–H groups in total. The summed E-state index contributed by atoms with van der Waals surface area (Å²) in [6.07, 6.45) is 0.